The molecule has 1 heterocycles. The zero-order valence-electron chi connectivity index (χ0n) is 15.2. The largest absolute Gasteiger partial charge is 0.493 e. The summed E-state index contributed by atoms with van der Waals surface area (Å²) in [6.45, 7) is 0. The van der Waals surface area contributed by atoms with Crippen LogP contribution in [-0.2, 0) is 0 Å². The van der Waals surface area contributed by atoms with Crippen LogP contribution in [0, 0.1) is 11.3 Å². The molecule has 1 aliphatic heterocycles. The second-order valence-electron chi connectivity index (χ2n) is 5.69. The number of aliphatic imine (C=N–C) groups is 1. The maximum Gasteiger partial charge on any atom is 0.260 e. The molecule has 0 spiro atoms. The lowest BCUT2D eigenvalue weighted by Crippen LogP contribution is -2.59. The van der Waals surface area contributed by atoms with Crippen molar-refractivity contribution in [1.29, 1.82) is 5.26 Å². The van der Waals surface area contributed by atoms with Gasteiger partial charge in [-0.25, -0.2) is 4.99 Å². The highest BCUT2D eigenvalue weighted by molar-refractivity contribution is 5.81. The van der Waals surface area contributed by atoms with E-state index in [0.717, 1.165) is 5.69 Å². The molecule has 27 heavy (non-hydrogen) atoms. The second kappa shape index (κ2) is 7.41. The van der Waals surface area contributed by atoms with Gasteiger partial charge in [-0.2, -0.15) is 10.7 Å². The third-order valence-electron chi connectivity index (χ3n) is 3.94. The van der Waals surface area contributed by atoms with Crippen LogP contribution >= 0.6 is 0 Å². The molecular formula is C18H20N6O3. The van der Waals surface area contributed by atoms with Crippen LogP contribution in [0.5, 0.6) is 17.2 Å². The van der Waals surface area contributed by atoms with Crippen LogP contribution in [0.3, 0.4) is 0 Å². The molecule has 1 atom stereocenters. The van der Waals surface area contributed by atoms with Crippen LogP contribution in [0.15, 0.2) is 41.4 Å². The summed E-state index contributed by atoms with van der Waals surface area (Å²) in [5.74, 6) is 0.194. The highest BCUT2D eigenvalue weighted by Crippen LogP contribution is 2.40. The van der Waals surface area contributed by atoms with E-state index in [2.05, 4.69) is 21.8 Å². The molecule has 0 aromatic heterocycles. The summed E-state index contributed by atoms with van der Waals surface area (Å²) in [4.78, 5) is 4.30. The van der Waals surface area contributed by atoms with Gasteiger partial charge in [-0.05, 0) is 24.3 Å². The van der Waals surface area contributed by atoms with Crippen molar-refractivity contribution in [2.75, 3.05) is 31.7 Å². The molecule has 2 aromatic carbocycles. The zero-order valence-corrected chi connectivity index (χ0v) is 15.2. The summed E-state index contributed by atoms with van der Waals surface area (Å²) in [5, 5.41) is 13.7. The van der Waals surface area contributed by atoms with Crippen molar-refractivity contribution in [3.05, 3.63) is 42.0 Å². The Balaban J connectivity index is 1.80. The highest BCUT2D eigenvalue weighted by atomic mass is 16.5. The number of nitrogens with two attached hydrogens (primary N) is 1. The molecule has 1 aliphatic rings. The summed E-state index contributed by atoms with van der Waals surface area (Å²) in [6.07, 6.45) is 1.56. The van der Waals surface area contributed by atoms with Crippen molar-refractivity contribution >= 4 is 17.7 Å². The van der Waals surface area contributed by atoms with Gasteiger partial charge >= 0.3 is 0 Å². The first kappa shape index (κ1) is 18.3. The van der Waals surface area contributed by atoms with Gasteiger partial charge < -0.3 is 19.5 Å². The summed E-state index contributed by atoms with van der Waals surface area (Å²) in [6, 6.07) is 12.6. The molecule has 0 aliphatic carbocycles. The minimum Gasteiger partial charge on any atom is -0.493 e. The molecular weight excluding hydrogens is 348 g/mol. The van der Waals surface area contributed by atoms with Crippen LogP contribution < -0.4 is 35.7 Å². The molecule has 0 fully saturated rings. The number of nitriles is 1. The lowest BCUT2D eigenvalue weighted by atomic mass is 10.2. The van der Waals surface area contributed by atoms with E-state index >= 15 is 0 Å². The predicted molar refractivity (Wildman–Crippen MR) is 102 cm³/mol. The maximum atomic E-state index is 8.90. The quantitative estimate of drug-likeness (QED) is 0.659. The van der Waals surface area contributed by atoms with Crippen LogP contribution in [0.25, 0.3) is 0 Å². The van der Waals surface area contributed by atoms with Crippen molar-refractivity contribution < 1.29 is 14.2 Å². The highest BCUT2D eigenvalue weighted by Gasteiger charge is 2.31. The molecule has 0 saturated heterocycles. The number of rotatable bonds is 6. The van der Waals surface area contributed by atoms with Crippen molar-refractivity contribution in [2.24, 2.45) is 10.7 Å². The Morgan fingerprint density at radius 2 is 1.74 bits per heavy atom. The van der Waals surface area contributed by atoms with E-state index in [9.17, 15) is 0 Å². The Hall–Kier alpha value is -3.48. The van der Waals surface area contributed by atoms with E-state index in [4.69, 9.17) is 25.2 Å². The fourth-order valence-electron chi connectivity index (χ4n) is 2.65. The first-order valence-corrected chi connectivity index (χ1v) is 8.01. The monoisotopic (exact) mass is 368 g/mol. The van der Waals surface area contributed by atoms with Gasteiger partial charge in [0.1, 0.15) is 6.34 Å². The third kappa shape index (κ3) is 3.72. The Kier molecular flexibility index (Phi) is 5.03. The van der Waals surface area contributed by atoms with Crippen molar-refractivity contribution in [1.82, 2.24) is 5.43 Å². The first-order chi connectivity index (χ1) is 13.0. The second-order valence-corrected chi connectivity index (χ2v) is 5.69. The number of nitrogens with zero attached hydrogens (tertiary/aromatic N) is 3. The maximum absolute atomic E-state index is 8.90. The number of nitrogens with one attached hydrogen (secondary N) is 2. The molecule has 9 heteroatoms. The number of methoxy groups -OCH3 is 3. The number of benzene rings is 2. The normalized spacial score (nSPS) is 18.1. The third-order valence-corrected chi connectivity index (χ3v) is 3.94. The van der Waals surface area contributed by atoms with Gasteiger partial charge in [-0.1, -0.05) is 0 Å². The molecule has 3 rings (SSSR count). The SMILES string of the molecule is COc1cc(NC2(N)N=CN(c3ccc(C#N)cc3)N2)cc(OC)c1OC. The number of anilines is 2. The van der Waals surface area contributed by atoms with Crippen LogP contribution in [0.1, 0.15) is 5.56 Å². The van der Waals surface area contributed by atoms with E-state index in [0.29, 0.717) is 28.5 Å². The topological polar surface area (TPSA) is 117 Å². The first-order valence-electron chi connectivity index (χ1n) is 8.01. The Bertz CT molecular complexity index is 868. The van der Waals surface area contributed by atoms with Gasteiger partial charge in [0.2, 0.25) is 5.75 Å². The Labute approximate surface area is 156 Å². The zero-order chi connectivity index (χ0) is 19.4. The number of ether oxygens (including phenoxy) is 3. The minimum absolute atomic E-state index is 0.485. The molecule has 9 nitrogen and oxygen atoms in total. The van der Waals surface area contributed by atoms with E-state index in [1.807, 2.05) is 0 Å². The van der Waals surface area contributed by atoms with Crippen molar-refractivity contribution in [3.8, 4) is 23.3 Å². The predicted octanol–water partition coefficient (Wildman–Crippen LogP) is 1.62. The van der Waals surface area contributed by atoms with Gasteiger partial charge in [0.05, 0.1) is 38.6 Å². The molecule has 0 bridgehead atoms. The van der Waals surface area contributed by atoms with Crippen molar-refractivity contribution in [2.45, 2.75) is 5.91 Å². The van der Waals surface area contributed by atoms with Crippen LogP contribution in [0.2, 0.25) is 0 Å². The van der Waals surface area contributed by atoms with Crippen LogP contribution in [-0.4, -0.2) is 33.6 Å². The average molecular weight is 368 g/mol. The van der Waals surface area contributed by atoms with Gasteiger partial charge in [-0.3, -0.25) is 10.7 Å². The standard InChI is InChI=1S/C18H20N6O3/c1-25-15-8-13(9-16(26-2)17(15)27-3)22-18(20)21-11-24(23-18)14-6-4-12(10-19)5-7-14/h4-9,11,22-23H,20H2,1-3H3. The van der Waals surface area contributed by atoms with Gasteiger partial charge in [0.15, 0.2) is 11.5 Å². The van der Waals surface area contributed by atoms with E-state index in [-0.39, 0.29) is 0 Å². The van der Waals surface area contributed by atoms with Crippen LogP contribution in [0.4, 0.5) is 11.4 Å². The van der Waals surface area contributed by atoms with E-state index in [1.165, 1.54) is 21.3 Å². The fourth-order valence-corrected chi connectivity index (χ4v) is 2.65. The van der Waals surface area contributed by atoms with E-state index in [1.54, 1.807) is 47.7 Å². The molecule has 1 unspecified atom stereocenters. The Morgan fingerprint density at radius 1 is 1.11 bits per heavy atom. The summed E-state index contributed by atoms with van der Waals surface area (Å²) >= 11 is 0. The van der Waals surface area contributed by atoms with Gasteiger partial charge in [0.25, 0.3) is 5.91 Å². The molecule has 0 radical (unpaired) electrons. The molecule has 140 valence electrons. The summed E-state index contributed by atoms with van der Waals surface area (Å²) in [5.41, 5.74) is 11.3. The molecule has 0 amide bonds. The number of hydrogen-bond acceptors (Lipinski definition) is 9. The minimum atomic E-state index is -1.28. The average Bonchev–Trinajstić information content (AvgIpc) is 3.08. The lowest BCUT2D eigenvalue weighted by Gasteiger charge is -2.27. The summed E-state index contributed by atoms with van der Waals surface area (Å²) in [7, 11) is 4.62. The van der Waals surface area contributed by atoms with Crippen molar-refractivity contribution in [3.63, 3.8) is 0 Å². The number of hydrazine groups is 1. The van der Waals surface area contributed by atoms with Gasteiger partial charge in [0, 0.05) is 17.8 Å². The molecule has 4 N–H and O–H groups in total. The lowest BCUT2D eigenvalue weighted by molar-refractivity contribution is 0.324. The molecule has 2 aromatic rings. The number of hydrogen-bond donors (Lipinski definition) is 3. The molecule has 0 saturated carbocycles. The van der Waals surface area contributed by atoms with E-state index < -0.39 is 5.91 Å². The van der Waals surface area contributed by atoms with Gasteiger partial charge in [-0.15, -0.1) is 0 Å². The summed E-state index contributed by atoms with van der Waals surface area (Å²) < 4.78 is 16.0. The Morgan fingerprint density at radius 3 is 2.26 bits per heavy atom. The fraction of sp³-hybridized carbons (Fsp3) is 0.222. The smallest absolute Gasteiger partial charge is 0.260 e.